The molecule has 1 heterocycles. The van der Waals surface area contributed by atoms with Crippen molar-refractivity contribution in [1.29, 1.82) is 0 Å². The second-order valence-electron chi connectivity index (χ2n) is 8.91. The summed E-state index contributed by atoms with van der Waals surface area (Å²) in [6.45, 7) is 10.4. The van der Waals surface area contributed by atoms with E-state index in [0.717, 1.165) is 0 Å². The molecule has 0 aromatic carbocycles. The van der Waals surface area contributed by atoms with Crippen LogP contribution in [0.25, 0.3) is 0 Å². The molecule has 1 saturated heterocycles. The highest BCUT2D eigenvalue weighted by Crippen LogP contribution is 2.29. The van der Waals surface area contributed by atoms with E-state index in [1.807, 2.05) is 41.5 Å². The van der Waals surface area contributed by atoms with Gasteiger partial charge in [0.25, 0.3) is 0 Å². The van der Waals surface area contributed by atoms with Crippen molar-refractivity contribution in [1.82, 2.24) is 0 Å². The Bertz CT molecular complexity index is 573. The van der Waals surface area contributed by atoms with Gasteiger partial charge < -0.3 is 29.2 Å². The Morgan fingerprint density at radius 1 is 0.733 bits per heavy atom. The summed E-state index contributed by atoms with van der Waals surface area (Å²) in [5.41, 5.74) is 0. The zero-order valence-corrected chi connectivity index (χ0v) is 18.7. The van der Waals surface area contributed by atoms with E-state index in [1.165, 1.54) is 0 Å². The van der Waals surface area contributed by atoms with Gasteiger partial charge in [0.2, 0.25) is 0 Å². The lowest BCUT2D eigenvalue weighted by Gasteiger charge is -2.42. The Labute approximate surface area is 178 Å². The quantitative estimate of drug-likeness (QED) is 0.390. The highest BCUT2D eigenvalue weighted by atomic mass is 16.7. The summed E-state index contributed by atoms with van der Waals surface area (Å²) in [4.78, 5) is 36.8. The summed E-state index contributed by atoms with van der Waals surface area (Å²) in [6, 6.07) is 0. The van der Waals surface area contributed by atoms with Crippen LogP contribution in [0, 0.1) is 17.8 Å². The van der Waals surface area contributed by atoms with Crippen molar-refractivity contribution in [2.24, 2.45) is 17.8 Å². The molecule has 0 aliphatic carbocycles. The molecule has 174 valence electrons. The summed E-state index contributed by atoms with van der Waals surface area (Å²) in [7, 11) is 0. The van der Waals surface area contributed by atoms with Crippen LogP contribution >= 0.6 is 0 Å². The summed E-state index contributed by atoms with van der Waals surface area (Å²) in [5, 5.41) is 20.1. The van der Waals surface area contributed by atoms with E-state index in [9.17, 15) is 24.6 Å². The van der Waals surface area contributed by atoms with Gasteiger partial charge in [0.05, 0.1) is 6.61 Å². The number of carbonyl (C=O) groups excluding carboxylic acids is 3. The molecule has 1 aliphatic heterocycles. The molecule has 0 spiro atoms. The van der Waals surface area contributed by atoms with Gasteiger partial charge in [-0.15, -0.1) is 0 Å². The maximum absolute atomic E-state index is 12.4. The molecule has 9 nitrogen and oxygen atoms in total. The van der Waals surface area contributed by atoms with Crippen LogP contribution in [0.15, 0.2) is 0 Å². The normalized spacial score (nSPS) is 26.7. The second kappa shape index (κ2) is 12.2. The predicted octanol–water partition coefficient (Wildman–Crippen LogP) is 1.57. The number of esters is 3. The molecular formula is C21H36O9. The van der Waals surface area contributed by atoms with Gasteiger partial charge in [-0.1, -0.05) is 41.5 Å². The first kappa shape index (κ1) is 26.3. The van der Waals surface area contributed by atoms with Gasteiger partial charge in [0, 0.05) is 19.3 Å². The lowest BCUT2D eigenvalue weighted by atomic mass is 9.97. The third-order valence-electron chi connectivity index (χ3n) is 4.32. The molecule has 1 aliphatic rings. The first-order valence-electron chi connectivity index (χ1n) is 10.5. The minimum atomic E-state index is -1.66. The fourth-order valence-electron chi connectivity index (χ4n) is 3.04. The predicted molar refractivity (Wildman–Crippen MR) is 106 cm³/mol. The third-order valence-corrected chi connectivity index (χ3v) is 4.32. The van der Waals surface area contributed by atoms with E-state index in [0.29, 0.717) is 0 Å². The molecule has 1 rings (SSSR count). The lowest BCUT2D eigenvalue weighted by molar-refractivity contribution is -0.296. The van der Waals surface area contributed by atoms with Crippen molar-refractivity contribution in [3.8, 4) is 0 Å². The van der Waals surface area contributed by atoms with Crippen molar-refractivity contribution in [2.45, 2.75) is 91.5 Å². The minimum absolute atomic E-state index is 0.000199. The van der Waals surface area contributed by atoms with E-state index < -0.39 is 55.2 Å². The summed E-state index contributed by atoms with van der Waals surface area (Å²) < 4.78 is 21.6. The number of aliphatic hydroxyl groups is 2. The monoisotopic (exact) mass is 432 g/mol. The minimum Gasteiger partial charge on any atom is -0.455 e. The van der Waals surface area contributed by atoms with Crippen LogP contribution in [0.3, 0.4) is 0 Å². The summed E-state index contributed by atoms with van der Waals surface area (Å²) in [5.74, 6) is -1.77. The third kappa shape index (κ3) is 8.57. The first-order valence-corrected chi connectivity index (χ1v) is 10.5. The maximum atomic E-state index is 12.4. The standard InChI is InChI=1S/C21H36O9/c1-11(2)7-15(23)28-18-14(10-22)27-21(26)20(30-17(25)9-13(5)6)19(18)29-16(24)8-12(3)4/h11-14,18-22,26H,7-10H2,1-6H3/t14-,18-,19+,20-,21-/m1/s1. The van der Waals surface area contributed by atoms with Crippen LogP contribution in [0.1, 0.15) is 60.8 Å². The van der Waals surface area contributed by atoms with E-state index in [2.05, 4.69) is 0 Å². The van der Waals surface area contributed by atoms with Crippen LogP contribution in [-0.2, 0) is 33.3 Å². The molecular weight excluding hydrogens is 396 g/mol. The zero-order valence-electron chi connectivity index (χ0n) is 18.7. The molecule has 9 heteroatoms. The number of hydrogen-bond acceptors (Lipinski definition) is 9. The summed E-state index contributed by atoms with van der Waals surface area (Å²) >= 11 is 0. The molecule has 0 saturated carbocycles. The molecule has 0 aromatic heterocycles. The number of rotatable bonds is 10. The van der Waals surface area contributed by atoms with Crippen molar-refractivity contribution in [3.05, 3.63) is 0 Å². The molecule has 0 radical (unpaired) electrons. The molecule has 0 bridgehead atoms. The van der Waals surface area contributed by atoms with Gasteiger partial charge in [-0.25, -0.2) is 0 Å². The van der Waals surface area contributed by atoms with E-state index in [1.54, 1.807) is 0 Å². The SMILES string of the molecule is CC(C)CC(=O)O[C@@H]1[C@@H](OC(=O)CC(C)C)[C@H](O)O[C@H](CO)[C@H]1OC(=O)CC(C)C. The van der Waals surface area contributed by atoms with Crippen LogP contribution in [0.4, 0.5) is 0 Å². The summed E-state index contributed by atoms with van der Waals surface area (Å²) in [6.07, 6.45) is -6.49. The molecule has 30 heavy (non-hydrogen) atoms. The van der Waals surface area contributed by atoms with Crippen LogP contribution in [0.2, 0.25) is 0 Å². The molecule has 0 amide bonds. The average Bonchev–Trinajstić information content (AvgIpc) is 2.57. The topological polar surface area (TPSA) is 129 Å². The Balaban J connectivity index is 3.16. The van der Waals surface area contributed by atoms with Gasteiger partial charge in [0.15, 0.2) is 24.6 Å². The average molecular weight is 433 g/mol. The molecule has 0 unspecified atom stereocenters. The van der Waals surface area contributed by atoms with Gasteiger partial charge in [0.1, 0.15) is 6.10 Å². The van der Waals surface area contributed by atoms with Crippen molar-refractivity contribution in [3.63, 3.8) is 0 Å². The number of aliphatic hydroxyl groups excluding tert-OH is 2. The first-order chi connectivity index (χ1) is 13.9. The van der Waals surface area contributed by atoms with E-state index in [4.69, 9.17) is 18.9 Å². The van der Waals surface area contributed by atoms with Crippen LogP contribution in [0.5, 0.6) is 0 Å². The largest absolute Gasteiger partial charge is 0.455 e. The van der Waals surface area contributed by atoms with Crippen LogP contribution < -0.4 is 0 Å². The fourth-order valence-corrected chi connectivity index (χ4v) is 3.04. The van der Waals surface area contributed by atoms with E-state index >= 15 is 0 Å². The highest BCUT2D eigenvalue weighted by molar-refractivity contribution is 5.72. The fraction of sp³-hybridized carbons (Fsp3) is 0.857. The molecule has 5 atom stereocenters. The zero-order chi connectivity index (χ0) is 23.0. The number of ether oxygens (including phenoxy) is 4. The van der Waals surface area contributed by atoms with Crippen LogP contribution in [-0.4, -0.2) is 65.4 Å². The Kier molecular flexibility index (Phi) is 10.7. The smallest absolute Gasteiger partial charge is 0.306 e. The second-order valence-corrected chi connectivity index (χ2v) is 8.91. The number of carbonyl (C=O) groups is 3. The van der Waals surface area contributed by atoms with E-state index in [-0.39, 0.29) is 37.0 Å². The highest BCUT2D eigenvalue weighted by Gasteiger charge is 2.51. The van der Waals surface area contributed by atoms with Crippen molar-refractivity contribution < 1.29 is 43.5 Å². The van der Waals surface area contributed by atoms with Crippen molar-refractivity contribution in [2.75, 3.05) is 6.61 Å². The van der Waals surface area contributed by atoms with Crippen molar-refractivity contribution >= 4 is 17.9 Å². The van der Waals surface area contributed by atoms with Gasteiger partial charge in [-0.2, -0.15) is 0 Å². The Morgan fingerprint density at radius 2 is 1.10 bits per heavy atom. The maximum Gasteiger partial charge on any atom is 0.306 e. The van der Waals surface area contributed by atoms with Gasteiger partial charge >= 0.3 is 17.9 Å². The Morgan fingerprint density at radius 3 is 1.47 bits per heavy atom. The van der Waals surface area contributed by atoms with Gasteiger partial charge in [-0.3, -0.25) is 14.4 Å². The lowest BCUT2D eigenvalue weighted by Crippen LogP contribution is -2.62. The molecule has 1 fully saturated rings. The molecule has 0 aromatic rings. The van der Waals surface area contributed by atoms with Gasteiger partial charge in [-0.05, 0) is 17.8 Å². The number of hydrogen-bond donors (Lipinski definition) is 2. The molecule has 2 N–H and O–H groups in total. The Hall–Kier alpha value is -1.71.